The molecular formula is C17H30N4. The predicted molar refractivity (Wildman–Crippen MR) is 86.5 cm³/mol. The predicted octanol–water partition coefficient (Wildman–Crippen LogP) is 2.42. The minimum Gasteiger partial charge on any atom is -0.299 e. The second kappa shape index (κ2) is 5.73. The van der Waals surface area contributed by atoms with Gasteiger partial charge in [0.05, 0.1) is 12.2 Å². The van der Waals surface area contributed by atoms with E-state index >= 15 is 0 Å². The van der Waals surface area contributed by atoms with E-state index in [0.717, 1.165) is 12.3 Å². The second-order valence-electron chi connectivity index (χ2n) is 7.83. The fourth-order valence-electron chi connectivity index (χ4n) is 3.57. The third kappa shape index (κ3) is 3.32. The van der Waals surface area contributed by atoms with E-state index in [1.165, 1.54) is 44.7 Å². The van der Waals surface area contributed by atoms with Gasteiger partial charge in [0, 0.05) is 37.9 Å². The Balaban J connectivity index is 1.43. The number of likely N-dealkylation sites (tertiary alicyclic amines) is 2. The largest absolute Gasteiger partial charge is 0.299 e. The highest BCUT2D eigenvalue weighted by molar-refractivity contribution is 5.05. The van der Waals surface area contributed by atoms with Crippen LogP contribution in [0.5, 0.6) is 0 Å². The molecule has 0 radical (unpaired) electrons. The molecule has 0 saturated carbocycles. The number of hydrogen-bond donors (Lipinski definition) is 0. The van der Waals surface area contributed by atoms with Crippen LogP contribution in [0.3, 0.4) is 0 Å². The van der Waals surface area contributed by atoms with Gasteiger partial charge in [-0.3, -0.25) is 14.5 Å². The highest BCUT2D eigenvalue weighted by Gasteiger charge is 2.35. The van der Waals surface area contributed by atoms with Gasteiger partial charge in [0.25, 0.3) is 0 Å². The first-order valence-electron chi connectivity index (χ1n) is 8.46. The average molecular weight is 290 g/mol. The molecule has 1 aromatic rings. The lowest BCUT2D eigenvalue weighted by Gasteiger charge is -2.40. The third-order valence-corrected chi connectivity index (χ3v) is 5.13. The zero-order valence-electron chi connectivity index (χ0n) is 14.0. The Labute approximate surface area is 129 Å². The van der Waals surface area contributed by atoms with Crippen molar-refractivity contribution in [2.75, 3.05) is 32.7 Å². The van der Waals surface area contributed by atoms with Crippen LogP contribution in [-0.2, 0) is 6.42 Å². The molecule has 0 N–H and O–H groups in total. The molecule has 3 rings (SSSR count). The van der Waals surface area contributed by atoms with Crippen LogP contribution in [0.4, 0.5) is 0 Å². The molecule has 0 amide bonds. The molecule has 1 atom stereocenters. The molecule has 1 aromatic heterocycles. The second-order valence-corrected chi connectivity index (χ2v) is 7.83. The van der Waals surface area contributed by atoms with Crippen molar-refractivity contribution in [2.45, 2.75) is 52.1 Å². The first-order valence-corrected chi connectivity index (χ1v) is 8.46. The lowest BCUT2D eigenvalue weighted by molar-refractivity contribution is 0.0777. The highest BCUT2D eigenvalue weighted by atomic mass is 15.4. The van der Waals surface area contributed by atoms with Gasteiger partial charge in [-0.25, -0.2) is 0 Å². The Morgan fingerprint density at radius 3 is 2.57 bits per heavy atom. The number of aryl methyl sites for hydroxylation is 1. The van der Waals surface area contributed by atoms with E-state index < -0.39 is 0 Å². The van der Waals surface area contributed by atoms with E-state index in [2.05, 4.69) is 53.5 Å². The van der Waals surface area contributed by atoms with E-state index in [9.17, 15) is 0 Å². The SMILES string of the molecule is CCc1cnn(C2CN(CC3CCN(C(C)(C)C)C3)C2)c1. The van der Waals surface area contributed by atoms with Crippen molar-refractivity contribution >= 4 is 0 Å². The first kappa shape index (κ1) is 15.0. The Hall–Kier alpha value is -0.870. The van der Waals surface area contributed by atoms with Gasteiger partial charge < -0.3 is 0 Å². The normalized spacial score (nSPS) is 25.4. The molecule has 1 unspecified atom stereocenters. The van der Waals surface area contributed by atoms with Crippen molar-refractivity contribution < 1.29 is 0 Å². The van der Waals surface area contributed by atoms with Gasteiger partial charge in [0.2, 0.25) is 0 Å². The standard InChI is InChI=1S/C17H30N4/c1-5-14-8-18-21(11-14)16-12-19(13-16)9-15-6-7-20(10-15)17(2,3)4/h8,11,15-16H,5-7,9-10,12-13H2,1-4H3. The Morgan fingerprint density at radius 1 is 1.24 bits per heavy atom. The van der Waals surface area contributed by atoms with Crippen LogP contribution in [0.2, 0.25) is 0 Å². The van der Waals surface area contributed by atoms with E-state index in [1.807, 2.05) is 6.20 Å². The summed E-state index contributed by atoms with van der Waals surface area (Å²) in [6.07, 6.45) is 6.68. The summed E-state index contributed by atoms with van der Waals surface area (Å²) >= 11 is 0. The van der Waals surface area contributed by atoms with Crippen LogP contribution >= 0.6 is 0 Å². The molecule has 2 fully saturated rings. The van der Waals surface area contributed by atoms with Crippen LogP contribution in [0.25, 0.3) is 0 Å². The maximum Gasteiger partial charge on any atom is 0.0772 e. The molecular weight excluding hydrogens is 260 g/mol. The van der Waals surface area contributed by atoms with E-state index in [1.54, 1.807) is 0 Å². The molecule has 0 aromatic carbocycles. The number of nitrogens with zero attached hydrogens (tertiary/aromatic N) is 4. The molecule has 118 valence electrons. The molecule has 3 heterocycles. The quantitative estimate of drug-likeness (QED) is 0.851. The van der Waals surface area contributed by atoms with Crippen molar-refractivity contribution in [1.29, 1.82) is 0 Å². The van der Waals surface area contributed by atoms with Crippen LogP contribution in [0, 0.1) is 5.92 Å². The minimum atomic E-state index is 0.331. The van der Waals surface area contributed by atoms with Gasteiger partial charge in [-0.15, -0.1) is 0 Å². The van der Waals surface area contributed by atoms with Crippen LogP contribution < -0.4 is 0 Å². The van der Waals surface area contributed by atoms with Crippen LogP contribution in [0.1, 0.15) is 45.7 Å². The maximum absolute atomic E-state index is 4.50. The summed E-state index contributed by atoms with van der Waals surface area (Å²) in [5, 5.41) is 4.50. The fourth-order valence-corrected chi connectivity index (χ4v) is 3.57. The Morgan fingerprint density at radius 2 is 2.00 bits per heavy atom. The van der Waals surface area contributed by atoms with Crippen molar-refractivity contribution in [3.63, 3.8) is 0 Å². The molecule has 0 aliphatic carbocycles. The van der Waals surface area contributed by atoms with Gasteiger partial charge in [-0.2, -0.15) is 5.10 Å². The smallest absolute Gasteiger partial charge is 0.0772 e. The summed E-state index contributed by atoms with van der Waals surface area (Å²) in [6.45, 7) is 15.3. The van der Waals surface area contributed by atoms with Gasteiger partial charge >= 0.3 is 0 Å². The summed E-state index contributed by atoms with van der Waals surface area (Å²) in [6, 6.07) is 0.602. The van der Waals surface area contributed by atoms with Crippen molar-refractivity contribution in [1.82, 2.24) is 19.6 Å². The Bertz CT molecular complexity index is 467. The summed E-state index contributed by atoms with van der Waals surface area (Å²) in [5.74, 6) is 0.856. The lowest BCUT2D eigenvalue weighted by Crippen LogP contribution is -2.50. The number of aromatic nitrogens is 2. The number of hydrogen-bond acceptors (Lipinski definition) is 3. The van der Waals surface area contributed by atoms with Crippen molar-refractivity contribution in [3.8, 4) is 0 Å². The molecule has 2 aliphatic heterocycles. The van der Waals surface area contributed by atoms with Crippen molar-refractivity contribution in [2.24, 2.45) is 5.92 Å². The highest BCUT2D eigenvalue weighted by Crippen LogP contribution is 2.28. The number of rotatable bonds is 4. The molecule has 4 nitrogen and oxygen atoms in total. The molecule has 0 spiro atoms. The zero-order valence-corrected chi connectivity index (χ0v) is 14.0. The monoisotopic (exact) mass is 290 g/mol. The van der Waals surface area contributed by atoms with Gasteiger partial charge in [-0.1, -0.05) is 6.92 Å². The summed E-state index contributed by atoms with van der Waals surface area (Å²) in [5.41, 5.74) is 1.68. The van der Waals surface area contributed by atoms with Crippen molar-refractivity contribution in [3.05, 3.63) is 18.0 Å². The van der Waals surface area contributed by atoms with E-state index in [4.69, 9.17) is 0 Å². The van der Waals surface area contributed by atoms with Gasteiger partial charge in [-0.05, 0) is 51.6 Å². The van der Waals surface area contributed by atoms with E-state index in [0.29, 0.717) is 11.6 Å². The summed E-state index contributed by atoms with van der Waals surface area (Å²) < 4.78 is 2.17. The molecule has 2 aliphatic rings. The molecule has 21 heavy (non-hydrogen) atoms. The zero-order chi connectivity index (χ0) is 15.0. The fraction of sp³-hybridized carbons (Fsp3) is 0.824. The summed E-state index contributed by atoms with van der Waals surface area (Å²) in [7, 11) is 0. The Kier molecular flexibility index (Phi) is 4.10. The van der Waals surface area contributed by atoms with Crippen LogP contribution in [-0.4, -0.2) is 57.8 Å². The van der Waals surface area contributed by atoms with Gasteiger partial charge in [0.15, 0.2) is 0 Å². The van der Waals surface area contributed by atoms with Gasteiger partial charge in [0.1, 0.15) is 0 Å². The molecule has 2 saturated heterocycles. The average Bonchev–Trinajstić information content (AvgIpc) is 3.01. The third-order valence-electron chi connectivity index (χ3n) is 5.13. The molecule has 0 bridgehead atoms. The minimum absolute atomic E-state index is 0.331. The van der Waals surface area contributed by atoms with E-state index in [-0.39, 0.29) is 0 Å². The summed E-state index contributed by atoms with van der Waals surface area (Å²) in [4.78, 5) is 5.24. The molecule has 4 heteroatoms. The maximum atomic E-state index is 4.50. The first-order chi connectivity index (χ1) is 9.95. The lowest BCUT2D eigenvalue weighted by atomic mass is 10.0. The van der Waals surface area contributed by atoms with Crippen LogP contribution in [0.15, 0.2) is 12.4 Å². The topological polar surface area (TPSA) is 24.3 Å².